The molecule has 1 heterocycles. The van der Waals surface area contributed by atoms with Gasteiger partial charge in [-0.25, -0.2) is 8.42 Å². The van der Waals surface area contributed by atoms with Gasteiger partial charge in [0.2, 0.25) is 10.0 Å². The monoisotopic (exact) mass is 298 g/mol. The van der Waals surface area contributed by atoms with Crippen LogP contribution >= 0.6 is 0 Å². The number of ether oxygens (including phenoxy) is 1. The normalized spacial score (nSPS) is 20.2. The second-order valence-corrected chi connectivity index (χ2v) is 6.98. The van der Waals surface area contributed by atoms with Gasteiger partial charge in [0.25, 0.3) is 0 Å². The van der Waals surface area contributed by atoms with E-state index in [1.54, 1.807) is 29.6 Å². The molecule has 0 amide bonds. The molecule has 20 heavy (non-hydrogen) atoms. The van der Waals surface area contributed by atoms with Gasteiger partial charge in [-0.1, -0.05) is 0 Å². The molecule has 0 saturated carbocycles. The van der Waals surface area contributed by atoms with Gasteiger partial charge in [0.1, 0.15) is 5.75 Å². The number of benzene rings is 1. The fraction of sp³-hybridized carbons (Fsp3) is 0.571. The lowest BCUT2D eigenvalue weighted by molar-refractivity contribution is 0.406. The zero-order valence-electron chi connectivity index (χ0n) is 12.0. The van der Waals surface area contributed by atoms with Gasteiger partial charge in [-0.3, -0.25) is 0 Å². The zero-order chi connectivity index (χ0) is 14.8. The lowest BCUT2D eigenvalue weighted by Gasteiger charge is -2.22. The molecular weight excluding hydrogens is 276 g/mol. The first-order valence-electron chi connectivity index (χ1n) is 6.89. The topological polar surface area (TPSA) is 72.6 Å². The van der Waals surface area contributed by atoms with Gasteiger partial charge in [-0.05, 0) is 56.5 Å². The smallest absolute Gasteiger partial charge is 0.243 e. The average molecular weight is 298 g/mol. The van der Waals surface area contributed by atoms with Crippen molar-refractivity contribution in [1.82, 2.24) is 4.31 Å². The molecular formula is C14H22N2O3S. The summed E-state index contributed by atoms with van der Waals surface area (Å²) in [6.07, 6.45) is 2.36. The number of nitrogens with two attached hydrogens (primary N) is 1. The third-order valence-corrected chi connectivity index (χ3v) is 5.87. The number of hydrogen-bond acceptors (Lipinski definition) is 4. The Morgan fingerprint density at radius 1 is 1.45 bits per heavy atom. The molecule has 0 bridgehead atoms. The third kappa shape index (κ3) is 2.82. The van der Waals surface area contributed by atoms with E-state index in [2.05, 4.69) is 0 Å². The second kappa shape index (κ2) is 6.11. The number of rotatable bonds is 5. The minimum Gasteiger partial charge on any atom is -0.497 e. The number of hydrogen-bond donors (Lipinski definition) is 1. The maximum atomic E-state index is 12.8. The van der Waals surface area contributed by atoms with E-state index < -0.39 is 10.0 Å². The molecule has 1 saturated heterocycles. The van der Waals surface area contributed by atoms with Crippen LogP contribution in [0.2, 0.25) is 0 Å². The molecule has 2 rings (SSSR count). The van der Waals surface area contributed by atoms with Crippen LogP contribution in [0.25, 0.3) is 0 Å². The van der Waals surface area contributed by atoms with Crippen molar-refractivity contribution in [3.05, 3.63) is 23.8 Å². The van der Waals surface area contributed by atoms with Gasteiger partial charge in [-0.15, -0.1) is 0 Å². The van der Waals surface area contributed by atoms with E-state index >= 15 is 0 Å². The maximum absolute atomic E-state index is 12.8. The number of sulfonamides is 1. The van der Waals surface area contributed by atoms with Crippen LogP contribution in [0.1, 0.15) is 25.3 Å². The molecule has 1 aliphatic rings. The minimum absolute atomic E-state index is 0.0628. The van der Waals surface area contributed by atoms with E-state index in [0.717, 1.165) is 18.4 Å². The largest absolute Gasteiger partial charge is 0.497 e. The SMILES string of the molecule is COc1ccc(S(=O)(=O)N2CCCC2C)c(CCN)c1. The molecule has 6 heteroatoms. The van der Waals surface area contributed by atoms with Gasteiger partial charge in [0.15, 0.2) is 0 Å². The summed E-state index contributed by atoms with van der Waals surface area (Å²) in [5.41, 5.74) is 6.32. The highest BCUT2D eigenvalue weighted by Gasteiger charge is 2.33. The van der Waals surface area contributed by atoms with Crippen molar-refractivity contribution >= 4 is 10.0 Å². The van der Waals surface area contributed by atoms with Crippen LogP contribution in [0.3, 0.4) is 0 Å². The van der Waals surface area contributed by atoms with Gasteiger partial charge < -0.3 is 10.5 Å². The zero-order valence-corrected chi connectivity index (χ0v) is 12.8. The summed E-state index contributed by atoms with van der Waals surface area (Å²) in [4.78, 5) is 0.359. The van der Waals surface area contributed by atoms with Crippen LogP contribution in [0, 0.1) is 0 Å². The second-order valence-electron chi connectivity index (χ2n) is 5.12. The standard InChI is InChI=1S/C14H22N2O3S/c1-11-4-3-9-16(11)20(17,18)14-6-5-13(19-2)10-12(14)7-8-15/h5-6,10-11H,3-4,7-9,15H2,1-2H3. The summed E-state index contributed by atoms with van der Waals surface area (Å²) >= 11 is 0. The summed E-state index contributed by atoms with van der Waals surface area (Å²) in [5, 5.41) is 0. The van der Waals surface area contributed by atoms with Crippen molar-refractivity contribution in [3.8, 4) is 5.75 Å². The highest BCUT2D eigenvalue weighted by Crippen LogP contribution is 2.29. The van der Waals surface area contributed by atoms with Gasteiger partial charge >= 0.3 is 0 Å². The molecule has 1 aromatic carbocycles. The van der Waals surface area contributed by atoms with Crippen molar-refractivity contribution in [2.45, 2.75) is 37.1 Å². The van der Waals surface area contributed by atoms with E-state index in [1.165, 1.54) is 0 Å². The quantitative estimate of drug-likeness (QED) is 0.891. The van der Waals surface area contributed by atoms with E-state index in [1.807, 2.05) is 6.92 Å². The summed E-state index contributed by atoms with van der Waals surface area (Å²) < 4.78 is 32.3. The summed E-state index contributed by atoms with van der Waals surface area (Å²) in [5.74, 6) is 0.655. The van der Waals surface area contributed by atoms with Gasteiger partial charge in [0.05, 0.1) is 12.0 Å². The fourth-order valence-electron chi connectivity index (χ4n) is 2.68. The molecule has 1 fully saturated rings. The number of nitrogens with zero attached hydrogens (tertiary/aromatic N) is 1. The number of methoxy groups -OCH3 is 1. The maximum Gasteiger partial charge on any atom is 0.243 e. The van der Waals surface area contributed by atoms with Gasteiger partial charge in [-0.2, -0.15) is 4.31 Å². The van der Waals surface area contributed by atoms with E-state index in [4.69, 9.17) is 10.5 Å². The lowest BCUT2D eigenvalue weighted by Crippen LogP contribution is -2.34. The summed E-state index contributed by atoms with van der Waals surface area (Å²) in [7, 11) is -1.88. The molecule has 5 nitrogen and oxygen atoms in total. The highest BCUT2D eigenvalue weighted by molar-refractivity contribution is 7.89. The Morgan fingerprint density at radius 2 is 2.20 bits per heavy atom. The predicted molar refractivity (Wildman–Crippen MR) is 78.3 cm³/mol. The van der Waals surface area contributed by atoms with Crippen molar-refractivity contribution in [1.29, 1.82) is 0 Å². The van der Waals surface area contributed by atoms with Crippen molar-refractivity contribution < 1.29 is 13.2 Å². The Bertz CT molecular complexity index is 572. The molecule has 1 atom stereocenters. The molecule has 1 aromatic rings. The van der Waals surface area contributed by atoms with Crippen LogP contribution < -0.4 is 10.5 Å². The minimum atomic E-state index is -3.44. The molecule has 0 aromatic heterocycles. The van der Waals surface area contributed by atoms with Crippen LogP contribution in [0.15, 0.2) is 23.1 Å². The van der Waals surface area contributed by atoms with E-state index in [-0.39, 0.29) is 6.04 Å². The van der Waals surface area contributed by atoms with Crippen LogP contribution in [0.4, 0.5) is 0 Å². The van der Waals surface area contributed by atoms with Crippen LogP contribution in [-0.2, 0) is 16.4 Å². The lowest BCUT2D eigenvalue weighted by atomic mass is 10.1. The first-order valence-corrected chi connectivity index (χ1v) is 8.33. The molecule has 1 unspecified atom stereocenters. The molecule has 1 aliphatic heterocycles. The summed E-state index contributed by atoms with van der Waals surface area (Å²) in [6, 6.07) is 5.14. The van der Waals surface area contributed by atoms with E-state index in [9.17, 15) is 8.42 Å². The van der Waals surface area contributed by atoms with Crippen LogP contribution in [0.5, 0.6) is 5.75 Å². The third-order valence-electron chi connectivity index (χ3n) is 3.76. The molecule has 2 N–H and O–H groups in total. The predicted octanol–water partition coefficient (Wildman–Crippen LogP) is 1.37. The van der Waals surface area contributed by atoms with Crippen molar-refractivity contribution in [3.63, 3.8) is 0 Å². The van der Waals surface area contributed by atoms with Crippen molar-refractivity contribution in [2.24, 2.45) is 5.73 Å². The molecule has 0 spiro atoms. The first kappa shape index (κ1) is 15.3. The van der Waals surface area contributed by atoms with E-state index in [0.29, 0.717) is 30.2 Å². The Balaban J connectivity index is 2.45. The first-order chi connectivity index (χ1) is 9.50. The Labute approximate surface area is 120 Å². The average Bonchev–Trinajstić information content (AvgIpc) is 2.86. The highest BCUT2D eigenvalue weighted by atomic mass is 32.2. The van der Waals surface area contributed by atoms with Crippen LogP contribution in [-0.4, -0.2) is 39.0 Å². The molecule has 0 radical (unpaired) electrons. The van der Waals surface area contributed by atoms with Gasteiger partial charge in [0, 0.05) is 12.6 Å². The summed E-state index contributed by atoms with van der Waals surface area (Å²) in [6.45, 7) is 2.96. The molecule has 112 valence electrons. The molecule has 0 aliphatic carbocycles. The Kier molecular flexibility index (Phi) is 4.67. The Morgan fingerprint density at radius 3 is 2.75 bits per heavy atom. The fourth-order valence-corrected chi connectivity index (χ4v) is 4.61. The Hall–Kier alpha value is -1.11. The van der Waals surface area contributed by atoms with Crippen molar-refractivity contribution in [2.75, 3.05) is 20.2 Å².